The number of benzene rings is 1. The number of hydrogen-bond acceptors (Lipinski definition) is 4. The maximum Gasteiger partial charge on any atom is 0.231 e. The predicted molar refractivity (Wildman–Crippen MR) is 111 cm³/mol. The predicted octanol–water partition coefficient (Wildman–Crippen LogP) is 2.68. The molecule has 1 aliphatic heterocycles. The normalized spacial score (nSPS) is 13.4. The third-order valence-electron chi connectivity index (χ3n) is 4.34. The maximum absolute atomic E-state index is 10.4. The van der Waals surface area contributed by atoms with E-state index >= 15 is 0 Å². The summed E-state index contributed by atoms with van der Waals surface area (Å²) in [6.45, 7) is 8.24. The zero-order valence-electron chi connectivity index (χ0n) is 15.3. The molecule has 0 spiro atoms. The Morgan fingerprint density at radius 1 is 1.16 bits per heavy atom. The molecule has 142 valence electrons. The van der Waals surface area contributed by atoms with Crippen molar-refractivity contribution in [2.45, 2.75) is 45.6 Å². The van der Waals surface area contributed by atoms with Crippen LogP contribution in [0.4, 0.5) is 0 Å². The van der Waals surface area contributed by atoms with Gasteiger partial charge >= 0.3 is 0 Å². The van der Waals surface area contributed by atoms with Gasteiger partial charge in [-0.1, -0.05) is 19.9 Å². The highest BCUT2D eigenvalue weighted by molar-refractivity contribution is 14.0. The quantitative estimate of drug-likeness (QED) is 0.314. The lowest BCUT2D eigenvalue weighted by atomic mass is 9.98. The van der Waals surface area contributed by atoms with Crippen molar-refractivity contribution in [2.75, 3.05) is 26.4 Å². The monoisotopic (exact) mass is 463 g/mol. The summed E-state index contributed by atoms with van der Waals surface area (Å²) in [5.74, 6) is 2.35. The molecule has 0 atom stereocenters. The first-order valence-corrected chi connectivity index (χ1v) is 8.73. The van der Waals surface area contributed by atoms with Gasteiger partial charge in [0.15, 0.2) is 17.5 Å². The molecular weight excluding hydrogens is 433 g/mol. The number of nitrogens with one attached hydrogen (secondary N) is 2. The first kappa shape index (κ1) is 21.8. The molecule has 0 amide bonds. The zero-order valence-corrected chi connectivity index (χ0v) is 17.6. The van der Waals surface area contributed by atoms with Gasteiger partial charge in [0, 0.05) is 13.1 Å². The van der Waals surface area contributed by atoms with Gasteiger partial charge < -0.3 is 25.2 Å². The Morgan fingerprint density at radius 3 is 2.56 bits per heavy atom. The molecule has 0 aromatic heterocycles. The number of rotatable bonds is 8. The van der Waals surface area contributed by atoms with Crippen LogP contribution >= 0.6 is 24.0 Å². The van der Waals surface area contributed by atoms with Crippen LogP contribution in [0.15, 0.2) is 23.2 Å². The van der Waals surface area contributed by atoms with E-state index in [9.17, 15) is 5.11 Å². The summed E-state index contributed by atoms with van der Waals surface area (Å²) in [5.41, 5.74) is 0.459. The van der Waals surface area contributed by atoms with Gasteiger partial charge in [-0.05, 0) is 43.9 Å². The number of aliphatic imine (C=N–C) groups is 1. The summed E-state index contributed by atoms with van der Waals surface area (Å²) in [4.78, 5) is 4.52. The topological polar surface area (TPSA) is 75.1 Å². The standard InChI is InChI=1S/C18H29N3O3.HI/c1-4-18(22,5-2)12-21-17(19-6-3)20-10-9-14-7-8-15-16(11-14)24-13-23-15;/h7-8,11,22H,4-6,9-10,12-13H2,1-3H3,(H2,19,20,21);1H. The number of guanidine groups is 1. The van der Waals surface area contributed by atoms with Crippen LogP contribution < -0.4 is 20.1 Å². The van der Waals surface area contributed by atoms with E-state index in [2.05, 4.69) is 15.6 Å². The molecule has 3 N–H and O–H groups in total. The van der Waals surface area contributed by atoms with Gasteiger partial charge in [0.2, 0.25) is 6.79 Å². The van der Waals surface area contributed by atoms with Crippen LogP contribution in [0.2, 0.25) is 0 Å². The minimum Gasteiger partial charge on any atom is -0.454 e. The van der Waals surface area contributed by atoms with E-state index in [1.165, 1.54) is 5.56 Å². The van der Waals surface area contributed by atoms with Crippen LogP contribution in [0.25, 0.3) is 0 Å². The van der Waals surface area contributed by atoms with Crippen molar-refractivity contribution in [3.8, 4) is 11.5 Å². The molecule has 0 radical (unpaired) electrons. The molecule has 0 saturated heterocycles. The van der Waals surface area contributed by atoms with Crippen LogP contribution in [0.1, 0.15) is 39.2 Å². The Kier molecular flexibility index (Phi) is 9.34. The summed E-state index contributed by atoms with van der Waals surface area (Å²) < 4.78 is 10.7. The van der Waals surface area contributed by atoms with Gasteiger partial charge in [-0.25, -0.2) is 0 Å². The highest BCUT2D eigenvalue weighted by Crippen LogP contribution is 2.32. The molecule has 2 rings (SSSR count). The highest BCUT2D eigenvalue weighted by atomic mass is 127. The van der Waals surface area contributed by atoms with Crippen LogP contribution in [0.3, 0.4) is 0 Å². The lowest BCUT2D eigenvalue weighted by molar-refractivity contribution is 0.0418. The fraction of sp³-hybridized carbons (Fsp3) is 0.611. The summed E-state index contributed by atoms with van der Waals surface area (Å²) in [6, 6.07) is 6.01. The van der Waals surface area contributed by atoms with Crippen molar-refractivity contribution in [3.05, 3.63) is 23.8 Å². The second kappa shape index (κ2) is 10.7. The van der Waals surface area contributed by atoms with Gasteiger partial charge in [0.05, 0.1) is 12.1 Å². The van der Waals surface area contributed by atoms with Crippen molar-refractivity contribution in [3.63, 3.8) is 0 Å². The summed E-state index contributed by atoms with van der Waals surface area (Å²) in [7, 11) is 0. The van der Waals surface area contributed by atoms with Crippen molar-refractivity contribution in [1.29, 1.82) is 0 Å². The molecule has 0 bridgehead atoms. The van der Waals surface area contributed by atoms with Crippen molar-refractivity contribution in [2.24, 2.45) is 4.99 Å². The molecule has 0 fully saturated rings. The van der Waals surface area contributed by atoms with Crippen molar-refractivity contribution >= 4 is 29.9 Å². The van der Waals surface area contributed by atoms with Crippen molar-refractivity contribution < 1.29 is 14.6 Å². The molecule has 1 aromatic rings. The number of aliphatic hydroxyl groups is 1. The van der Waals surface area contributed by atoms with E-state index in [0.29, 0.717) is 26.2 Å². The van der Waals surface area contributed by atoms with Gasteiger partial charge in [0.1, 0.15) is 0 Å². The molecule has 0 unspecified atom stereocenters. The maximum atomic E-state index is 10.4. The molecular formula is C18H30IN3O3. The van der Waals surface area contributed by atoms with E-state index < -0.39 is 5.60 Å². The molecule has 1 aromatic carbocycles. The summed E-state index contributed by atoms with van der Waals surface area (Å²) >= 11 is 0. The Balaban J connectivity index is 0.00000312. The molecule has 0 saturated carbocycles. The summed E-state index contributed by atoms with van der Waals surface area (Å²) in [6.07, 6.45) is 2.25. The minimum atomic E-state index is -0.723. The van der Waals surface area contributed by atoms with Gasteiger partial charge in [-0.15, -0.1) is 24.0 Å². The highest BCUT2D eigenvalue weighted by Gasteiger charge is 2.21. The first-order chi connectivity index (χ1) is 11.6. The van der Waals surface area contributed by atoms with Crippen molar-refractivity contribution in [1.82, 2.24) is 10.6 Å². The third-order valence-corrected chi connectivity index (χ3v) is 4.34. The van der Waals surface area contributed by atoms with E-state index in [4.69, 9.17) is 9.47 Å². The van der Waals surface area contributed by atoms with E-state index in [1.807, 2.05) is 39.0 Å². The Hall–Kier alpha value is -1.22. The lowest BCUT2D eigenvalue weighted by Crippen LogP contribution is -2.40. The van der Waals surface area contributed by atoms with Crippen LogP contribution in [-0.4, -0.2) is 43.1 Å². The second-order valence-corrected chi connectivity index (χ2v) is 5.99. The number of hydrogen-bond donors (Lipinski definition) is 3. The van der Waals surface area contributed by atoms with E-state index in [0.717, 1.165) is 37.0 Å². The van der Waals surface area contributed by atoms with Crippen LogP contribution in [0, 0.1) is 0 Å². The van der Waals surface area contributed by atoms with E-state index in [-0.39, 0.29) is 24.0 Å². The number of ether oxygens (including phenoxy) is 2. The number of halogens is 1. The van der Waals surface area contributed by atoms with E-state index in [1.54, 1.807) is 0 Å². The summed E-state index contributed by atoms with van der Waals surface area (Å²) in [5, 5.41) is 16.9. The van der Waals surface area contributed by atoms with Gasteiger partial charge in [-0.3, -0.25) is 4.99 Å². The second-order valence-electron chi connectivity index (χ2n) is 5.99. The average molecular weight is 463 g/mol. The third kappa shape index (κ3) is 6.54. The minimum absolute atomic E-state index is 0. The molecule has 7 heteroatoms. The lowest BCUT2D eigenvalue weighted by Gasteiger charge is -2.23. The Labute approximate surface area is 167 Å². The molecule has 6 nitrogen and oxygen atoms in total. The van der Waals surface area contributed by atoms with Gasteiger partial charge in [0.25, 0.3) is 0 Å². The van der Waals surface area contributed by atoms with Crippen LogP contribution in [0.5, 0.6) is 11.5 Å². The average Bonchev–Trinajstić information content (AvgIpc) is 3.07. The smallest absolute Gasteiger partial charge is 0.231 e. The largest absolute Gasteiger partial charge is 0.454 e. The first-order valence-electron chi connectivity index (χ1n) is 8.73. The SMILES string of the molecule is CCNC(=NCC(O)(CC)CC)NCCc1ccc2c(c1)OCO2.I. The van der Waals surface area contributed by atoms with Crippen LogP contribution in [-0.2, 0) is 6.42 Å². The van der Waals surface area contributed by atoms with Gasteiger partial charge in [-0.2, -0.15) is 0 Å². The Bertz CT molecular complexity index is 562. The molecule has 1 heterocycles. The Morgan fingerprint density at radius 2 is 1.88 bits per heavy atom. The fourth-order valence-electron chi connectivity index (χ4n) is 2.46. The fourth-order valence-corrected chi connectivity index (χ4v) is 2.46. The zero-order chi connectivity index (χ0) is 17.4. The molecule has 25 heavy (non-hydrogen) atoms. The molecule has 0 aliphatic carbocycles. The molecule has 1 aliphatic rings. The number of fused-ring (bicyclic) bond motifs is 1. The number of nitrogens with zero attached hydrogens (tertiary/aromatic N) is 1.